The number of benzene rings is 3. The van der Waals surface area contributed by atoms with E-state index in [-0.39, 0.29) is 15.9 Å². The second-order valence-corrected chi connectivity index (χ2v) is 15.4. The van der Waals surface area contributed by atoms with Gasteiger partial charge >= 0.3 is 5.69 Å². The van der Waals surface area contributed by atoms with Crippen molar-refractivity contribution in [1.82, 2.24) is 9.55 Å². The summed E-state index contributed by atoms with van der Waals surface area (Å²) >= 11 is 3.65. The monoisotopic (exact) mass is 688 g/mol. The van der Waals surface area contributed by atoms with Crippen molar-refractivity contribution in [3.8, 4) is 11.6 Å². The average Bonchev–Trinajstić information content (AvgIpc) is 2.98. The lowest BCUT2D eigenvalue weighted by Crippen LogP contribution is -2.48. The predicted octanol–water partition coefficient (Wildman–Crippen LogP) is 6.32. The first-order chi connectivity index (χ1) is 21.5. The fraction of sp³-hybridized carbons (Fsp3) is 0.324. The second kappa shape index (κ2) is 11.1. The van der Waals surface area contributed by atoms with Gasteiger partial charge in [0.2, 0.25) is 5.88 Å². The minimum atomic E-state index is -3.83. The Balaban J connectivity index is 1.15. The number of halogens is 1. The predicted molar refractivity (Wildman–Crippen MR) is 178 cm³/mol. The number of rotatable bonds is 7. The van der Waals surface area contributed by atoms with Crippen molar-refractivity contribution in [3.05, 3.63) is 109 Å². The molecule has 0 unspecified atom stereocenters. The number of hydrogen-bond acceptors (Lipinski definition) is 6. The lowest BCUT2D eigenvalue weighted by Gasteiger charge is -2.57. The minimum absolute atomic E-state index is 0.0424. The van der Waals surface area contributed by atoms with Gasteiger partial charge in [0, 0.05) is 10.7 Å². The van der Waals surface area contributed by atoms with Gasteiger partial charge in [-0.3, -0.25) is 19.5 Å². The standard InChI is InChI=1S/C34H33BrN4O5S/c1-20-4-2-3-5-29(20)38-45(43,44)26-9-7-25(8-10-26)36-19-27-31(40)37-33(42)39(32(27)41)30-11-6-24(15-28(30)35)34-16-21-12-22(17-34)14-23(13-21)18-34/h2-11,15,19,21-23,38,41H,12-14,16-18H2,1H3,(H,37,40,42). The van der Waals surface area contributed by atoms with E-state index in [1.165, 1.54) is 68.4 Å². The SMILES string of the molecule is Cc1ccccc1NS(=O)(=O)c1ccc(N=Cc2c(O)n(-c3ccc(C45CC6CC(CC(C6)C4)C5)cc3Br)c(=O)[nH]c2=O)cc1. The molecule has 0 aliphatic heterocycles. The summed E-state index contributed by atoms with van der Waals surface area (Å²) in [4.78, 5) is 32.3. The molecule has 0 atom stereocenters. The maximum absolute atomic E-state index is 12.9. The molecule has 1 heterocycles. The van der Waals surface area contributed by atoms with Crippen LogP contribution in [0.2, 0.25) is 0 Å². The number of aryl methyl sites for hydroxylation is 1. The number of H-pyrrole nitrogens is 1. The van der Waals surface area contributed by atoms with E-state index in [1.807, 2.05) is 25.1 Å². The first kappa shape index (κ1) is 29.7. The Bertz CT molecular complexity index is 2030. The third-order valence-corrected chi connectivity index (χ3v) is 11.9. The summed E-state index contributed by atoms with van der Waals surface area (Å²) in [5.74, 6) is 1.83. The van der Waals surface area contributed by atoms with Gasteiger partial charge in [-0.25, -0.2) is 17.8 Å². The van der Waals surface area contributed by atoms with Crippen LogP contribution in [-0.2, 0) is 15.4 Å². The molecular weight excluding hydrogens is 656 g/mol. The van der Waals surface area contributed by atoms with Crippen LogP contribution >= 0.6 is 15.9 Å². The summed E-state index contributed by atoms with van der Waals surface area (Å²) in [5.41, 5.74) is 1.69. The lowest BCUT2D eigenvalue weighted by molar-refractivity contribution is -0.00521. The average molecular weight is 690 g/mol. The fourth-order valence-corrected chi connectivity index (χ4v) is 9.79. The number of aromatic hydroxyl groups is 1. The second-order valence-electron chi connectivity index (χ2n) is 12.9. The third-order valence-electron chi connectivity index (χ3n) is 9.84. The minimum Gasteiger partial charge on any atom is -0.493 e. The maximum atomic E-state index is 12.9. The Morgan fingerprint density at radius 3 is 2.24 bits per heavy atom. The third kappa shape index (κ3) is 5.46. The van der Waals surface area contributed by atoms with Crippen molar-refractivity contribution in [2.24, 2.45) is 22.7 Å². The molecule has 45 heavy (non-hydrogen) atoms. The first-order valence-corrected chi connectivity index (χ1v) is 17.4. The van der Waals surface area contributed by atoms with Gasteiger partial charge in [0.1, 0.15) is 5.56 Å². The Morgan fingerprint density at radius 2 is 1.62 bits per heavy atom. The van der Waals surface area contributed by atoms with Crippen molar-refractivity contribution in [2.45, 2.75) is 55.8 Å². The van der Waals surface area contributed by atoms with E-state index >= 15 is 0 Å². The molecule has 4 aliphatic rings. The van der Waals surface area contributed by atoms with E-state index < -0.39 is 27.2 Å². The molecule has 4 bridgehead atoms. The van der Waals surface area contributed by atoms with Crippen LogP contribution in [0, 0.1) is 24.7 Å². The summed E-state index contributed by atoms with van der Waals surface area (Å²) in [5, 5.41) is 11.2. The molecule has 0 radical (unpaired) electrons. The van der Waals surface area contributed by atoms with Gasteiger partial charge in [-0.15, -0.1) is 0 Å². The van der Waals surface area contributed by atoms with Crippen molar-refractivity contribution < 1.29 is 13.5 Å². The van der Waals surface area contributed by atoms with Crippen LogP contribution in [0.3, 0.4) is 0 Å². The highest BCUT2D eigenvalue weighted by atomic mass is 79.9. The molecule has 9 nitrogen and oxygen atoms in total. The molecule has 0 spiro atoms. The highest BCUT2D eigenvalue weighted by Gasteiger charge is 2.51. The first-order valence-electron chi connectivity index (χ1n) is 15.1. The Hall–Kier alpha value is -3.96. The van der Waals surface area contributed by atoms with Crippen LogP contribution in [0.5, 0.6) is 5.88 Å². The van der Waals surface area contributed by atoms with Gasteiger partial charge in [-0.05, 0) is 138 Å². The molecule has 4 aromatic rings. The van der Waals surface area contributed by atoms with Gasteiger partial charge in [-0.2, -0.15) is 0 Å². The van der Waals surface area contributed by atoms with Crippen molar-refractivity contribution in [1.29, 1.82) is 0 Å². The topological polar surface area (TPSA) is 134 Å². The molecule has 8 rings (SSSR count). The molecule has 1 aromatic heterocycles. The van der Waals surface area contributed by atoms with E-state index in [1.54, 1.807) is 12.1 Å². The van der Waals surface area contributed by atoms with Crippen molar-refractivity contribution in [3.63, 3.8) is 0 Å². The molecular formula is C34H33BrN4O5S. The van der Waals surface area contributed by atoms with Gasteiger partial charge in [0.05, 0.1) is 22.0 Å². The lowest BCUT2D eigenvalue weighted by atomic mass is 9.48. The van der Waals surface area contributed by atoms with Gasteiger partial charge < -0.3 is 5.11 Å². The number of aliphatic imine (C=N–C) groups is 1. The highest BCUT2D eigenvalue weighted by Crippen LogP contribution is 2.61. The number of sulfonamides is 1. The number of nitrogens with zero attached hydrogens (tertiary/aromatic N) is 2. The molecule has 4 saturated carbocycles. The zero-order valence-electron chi connectivity index (χ0n) is 24.7. The molecule has 232 valence electrons. The maximum Gasteiger partial charge on any atom is 0.335 e. The van der Waals surface area contributed by atoms with E-state index in [9.17, 15) is 23.1 Å². The number of aromatic amines is 1. The summed E-state index contributed by atoms with van der Waals surface area (Å²) in [6.45, 7) is 1.81. The molecule has 11 heteroatoms. The molecule has 3 aromatic carbocycles. The van der Waals surface area contributed by atoms with E-state index in [4.69, 9.17) is 0 Å². The van der Waals surface area contributed by atoms with Gasteiger partial charge in [0.25, 0.3) is 15.6 Å². The summed E-state index contributed by atoms with van der Waals surface area (Å²) in [6.07, 6.45) is 8.80. The van der Waals surface area contributed by atoms with Crippen LogP contribution in [-0.4, -0.2) is 29.3 Å². The van der Waals surface area contributed by atoms with Crippen LogP contribution in [0.25, 0.3) is 5.69 Å². The number of para-hydroxylation sites is 1. The van der Waals surface area contributed by atoms with Crippen LogP contribution < -0.4 is 16.0 Å². The summed E-state index contributed by atoms with van der Waals surface area (Å²) < 4.78 is 30.1. The molecule has 4 aliphatic carbocycles. The summed E-state index contributed by atoms with van der Waals surface area (Å²) in [7, 11) is -3.83. The Labute approximate surface area is 269 Å². The number of nitrogens with one attached hydrogen (secondary N) is 2. The Morgan fingerprint density at radius 1 is 0.978 bits per heavy atom. The van der Waals surface area contributed by atoms with E-state index in [2.05, 4.69) is 42.8 Å². The number of aromatic nitrogens is 2. The number of anilines is 1. The smallest absolute Gasteiger partial charge is 0.335 e. The van der Waals surface area contributed by atoms with Gasteiger partial charge in [0.15, 0.2) is 0 Å². The highest BCUT2D eigenvalue weighted by molar-refractivity contribution is 9.10. The largest absolute Gasteiger partial charge is 0.493 e. The van der Waals surface area contributed by atoms with E-state index in [0.717, 1.165) is 34.1 Å². The van der Waals surface area contributed by atoms with Crippen LogP contribution in [0.1, 0.15) is 55.2 Å². The molecule has 3 N–H and O–H groups in total. The van der Waals surface area contributed by atoms with E-state index in [0.29, 0.717) is 21.5 Å². The normalized spacial score (nSPS) is 23.9. The number of hydrogen-bond donors (Lipinski definition) is 3. The quantitative estimate of drug-likeness (QED) is 0.195. The Kier molecular flexibility index (Phi) is 7.36. The van der Waals surface area contributed by atoms with Crippen LogP contribution in [0.4, 0.5) is 11.4 Å². The molecule has 0 amide bonds. The molecule has 4 fully saturated rings. The van der Waals surface area contributed by atoms with Crippen molar-refractivity contribution in [2.75, 3.05) is 4.72 Å². The molecule has 0 saturated heterocycles. The zero-order valence-corrected chi connectivity index (χ0v) is 27.1. The fourth-order valence-electron chi connectivity index (χ4n) is 8.10. The summed E-state index contributed by atoms with van der Waals surface area (Å²) in [6, 6.07) is 18.8. The zero-order chi connectivity index (χ0) is 31.5. The van der Waals surface area contributed by atoms with Crippen molar-refractivity contribution >= 4 is 43.5 Å². The van der Waals surface area contributed by atoms with Crippen LogP contribution in [0.15, 0.2) is 90.7 Å². The van der Waals surface area contributed by atoms with Gasteiger partial charge in [-0.1, -0.05) is 24.3 Å².